The van der Waals surface area contributed by atoms with Crippen LogP contribution < -0.4 is 9.32 Å². The van der Waals surface area contributed by atoms with E-state index >= 15 is 0 Å². The largest absolute Gasteiger partial charge is 2.00 e. The SMILES string of the molecule is [Ca+2].[O-][Cl+][O-].[OH-]. The van der Waals surface area contributed by atoms with Crippen molar-refractivity contribution in [1.29, 1.82) is 0 Å². The molecule has 0 atom stereocenters. The Kier molecular flexibility index (Phi) is 58.2. The van der Waals surface area contributed by atoms with Crippen LogP contribution in [-0.4, -0.2) is 43.2 Å². The first-order chi connectivity index (χ1) is 1.41. The molecule has 5 heavy (non-hydrogen) atoms. The van der Waals surface area contributed by atoms with Gasteiger partial charge < -0.3 is 14.8 Å². The summed E-state index contributed by atoms with van der Waals surface area (Å²) in [6, 6.07) is 0. The summed E-state index contributed by atoms with van der Waals surface area (Å²) in [5.74, 6) is 0. The molecule has 0 aromatic carbocycles. The third-order valence-corrected chi connectivity index (χ3v) is 0. The molecule has 0 bridgehead atoms. The maximum atomic E-state index is 8.24. The molecule has 0 saturated carbocycles. The van der Waals surface area contributed by atoms with Crippen molar-refractivity contribution < 1.29 is 26.1 Å². The summed E-state index contributed by atoms with van der Waals surface area (Å²) in [6.45, 7) is 0. The molecule has 0 amide bonds. The molecule has 28 valence electrons. The zero-order valence-electron chi connectivity index (χ0n) is 2.35. The Hall–Kier alpha value is 1.43. The van der Waals surface area contributed by atoms with Crippen molar-refractivity contribution in [2.75, 3.05) is 0 Å². The minimum Gasteiger partial charge on any atom is -0.870 e. The Bertz CT molecular complexity index is 6.85. The molecule has 0 aliphatic carbocycles. The van der Waals surface area contributed by atoms with Crippen molar-refractivity contribution in [2.24, 2.45) is 0 Å². The Morgan fingerprint density at radius 3 is 1.20 bits per heavy atom. The van der Waals surface area contributed by atoms with E-state index < -0.39 is 11.3 Å². The molecule has 0 radical (unpaired) electrons. The summed E-state index contributed by atoms with van der Waals surface area (Å²) >= 11 is -0.417. The quantitative estimate of drug-likeness (QED) is 0.324. The van der Waals surface area contributed by atoms with Gasteiger partial charge in [-0.15, -0.1) is 0 Å². The molecule has 1 N–H and O–H groups in total. The van der Waals surface area contributed by atoms with E-state index in [1.807, 2.05) is 0 Å². The van der Waals surface area contributed by atoms with Gasteiger partial charge in [0.2, 0.25) is 0 Å². The summed E-state index contributed by atoms with van der Waals surface area (Å²) in [4.78, 5) is 0. The van der Waals surface area contributed by atoms with Crippen LogP contribution in [0.4, 0.5) is 0 Å². The van der Waals surface area contributed by atoms with Gasteiger partial charge >= 0.3 is 37.7 Å². The van der Waals surface area contributed by atoms with Crippen LogP contribution in [0.25, 0.3) is 0 Å². The Balaban J connectivity index is -0.0000000200. The van der Waals surface area contributed by atoms with Crippen LogP contribution in [0, 0.1) is 11.3 Å². The maximum absolute atomic E-state index is 8.24. The van der Waals surface area contributed by atoms with Gasteiger partial charge in [0, 0.05) is 0 Å². The van der Waals surface area contributed by atoms with Gasteiger partial charge in [-0.2, -0.15) is 0 Å². The van der Waals surface area contributed by atoms with E-state index in [1.54, 1.807) is 0 Å². The van der Waals surface area contributed by atoms with Gasteiger partial charge in [-0.1, -0.05) is 0 Å². The maximum Gasteiger partial charge on any atom is 2.00 e. The van der Waals surface area contributed by atoms with E-state index in [-0.39, 0.29) is 43.2 Å². The van der Waals surface area contributed by atoms with Crippen molar-refractivity contribution >= 4 is 37.7 Å². The molecular formula is HCaClO3. The van der Waals surface area contributed by atoms with Crippen LogP contribution >= 0.6 is 0 Å². The fourth-order valence-electron chi connectivity index (χ4n) is 0. The van der Waals surface area contributed by atoms with Gasteiger partial charge in [0.25, 0.3) is 0 Å². The second kappa shape index (κ2) is 18.0. The van der Waals surface area contributed by atoms with Crippen molar-refractivity contribution in [1.82, 2.24) is 0 Å². The molecule has 0 aromatic heterocycles. The average Bonchev–Trinajstić information content (AvgIpc) is 0.918. The Labute approximate surface area is 63.4 Å². The number of hydrogen-bond acceptors (Lipinski definition) is 3. The van der Waals surface area contributed by atoms with Gasteiger partial charge in [0.05, 0.1) is 11.3 Å². The van der Waals surface area contributed by atoms with Crippen LogP contribution in [0.15, 0.2) is 0 Å². The normalized spacial score (nSPS) is 3.60. The van der Waals surface area contributed by atoms with E-state index in [9.17, 15) is 0 Å². The molecule has 0 spiro atoms. The minimum absolute atomic E-state index is 0. The summed E-state index contributed by atoms with van der Waals surface area (Å²) in [5, 5.41) is 0. The van der Waals surface area contributed by atoms with Gasteiger partial charge in [-0.3, -0.25) is 0 Å². The first kappa shape index (κ1) is 16.1. The van der Waals surface area contributed by atoms with E-state index in [2.05, 4.69) is 0 Å². The molecule has 3 nitrogen and oxygen atoms in total. The Morgan fingerprint density at radius 2 is 1.20 bits per heavy atom. The zero-order valence-corrected chi connectivity index (χ0v) is 5.31. The standard InChI is InChI=1S/Ca.ClO2.H2O/c;2-1-3;/h;;1H2/q+2;-1;/p-1. The molecule has 0 rings (SSSR count). The van der Waals surface area contributed by atoms with Crippen LogP contribution in [0.3, 0.4) is 0 Å². The van der Waals surface area contributed by atoms with Crippen molar-refractivity contribution in [2.45, 2.75) is 0 Å². The fraction of sp³-hybridized carbons (Fsp3) is 0. The second-order valence-corrected chi connectivity index (χ2v) is 0.189. The molecular weight excluding hydrogens is 124 g/mol. The van der Waals surface area contributed by atoms with E-state index in [0.717, 1.165) is 0 Å². The molecule has 0 unspecified atom stereocenters. The molecule has 5 heteroatoms. The summed E-state index contributed by atoms with van der Waals surface area (Å²) in [7, 11) is 0. The van der Waals surface area contributed by atoms with Crippen LogP contribution in [0.5, 0.6) is 0 Å². The molecule has 0 aromatic rings. The summed E-state index contributed by atoms with van der Waals surface area (Å²) in [6.07, 6.45) is 0. The topological polar surface area (TPSA) is 76.1 Å². The van der Waals surface area contributed by atoms with Gasteiger partial charge in [-0.25, -0.2) is 0 Å². The average molecular weight is 125 g/mol. The number of rotatable bonds is 0. The molecule has 0 saturated heterocycles. The molecule has 0 aliphatic rings. The molecule has 0 aliphatic heterocycles. The minimum atomic E-state index is -0.417. The van der Waals surface area contributed by atoms with Crippen molar-refractivity contribution in [3.8, 4) is 0 Å². The van der Waals surface area contributed by atoms with Crippen LogP contribution in [-0.2, 0) is 0 Å². The third-order valence-electron chi connectivity index (χ3n) is 0. The molecule has 0 heterocycles. The fourth-order valence-corrected chi connectivity index (χ4v) is 0. The van der Waals surface area contributed by atoms with Gasteiger partial charge in [0.1, 0.15) is 0 Å². The van der Waals surface area contributed by atoms with E-state index in [4.69, 9.17) is 9.32 Å². The summed E-state index contributed by atoms with van der Waals surface area (Å²) < 4.78 is 16.5. The third kappa shape index (κ3) is 31.2. The van der Waals surface area contributed by atoms with Crippen molar-refractivity contribution in [3.63, 3.8) is 0 Å². The predicted molar refractivity (Wildman–Crippen MR) is 7.69 cm³/mol. The number of hydrogen-bond donors (Lipinski definition) is 0. The predicted octanol–water partition coefficient (Wildman–Crippen LogP) is -2.94. The van der Waals surface area contributed by atoms with Crippen molar-refractivity contribution in [3.05, 3.63) is 0 Å². The van der Waals surface area contributed by atoms with Crippen LogP contribution in [0.2, 0.25) is 0 Å². The smallest absolute Gasteiger partial charge is 0.870 e. The van der Waals surface area contributed by atoms with Crippen LogP contribution in [0.1, 0.15) is 0 Å². The summed E-state index contributed by atoms with van der Waals surface area (Å²) in [5.41, 5.74) is 0. The number of halogens is 1. The Morgan fingerprint density at radius 1 is 1.20 bits per heavy atom. The van der Waals surface area contributed by atoms with E-state index in [0.29, 0.717) is 0 Å². The monoisotopic (exact) mass is 124 g/mol. The van der Waals surface area contributed by atoms with Gasteiger partial charge in [-0.05, 0) is 0 Å². The first-order valence-electron chi connectivity index (χ1n) is 0.309. The molecule has 0 fully saturated rings. The first-order valence-corrected chi connectivity index (χ1v) is 0.926. The second-order valence-electron chi connectivity index (χ2n) is 0.0630. The van der Waals surface area contributed by atoms with E-state index in [1.165, 1.54) is 0 Å². The zero-order chi connectivity index (χ0) is 2.71. The van der Waals surface area contributed by atoms with Gasteiger partial charge in [0.15, 0.2) is 0 Å².